The van der Waals surface area contributed by atoms with E-state index in [9.17, 15) is 14.4 Å². The van der Waals surface area contributed by atoms with Crippen molar-refractivity contribution in [1.82, 2.24) is 4.57 Å². The number of hydrogen-bond acceptors (Lipinski definition) is 7. The summed E-state index contributed by atoms with van der Waals surface area (Å²) in [4.78, 5) is 43.4. The number of nitrogens with one attached hydrogen (secondary N) is 1. The highest BCUT2D eigenvalue weighted by Gasteiger charge is 2.32. The smallest absolute Gasteiger partial charge is 0.341 e. The number of ether oxygens (including phenoxy) is 2. The first-order chi connectivity index (χ1) is 19.3. The molecule has 0 bridgehead atoms. The number of allylic oxidation sites excluding steroid dienone is 1. The molecule has 0 radical (unpaired) electrons. The summed E-state index contributed by atoms with van der Waals surface area (Å²) in [5.41, 5.74) is 2.64. The number of para-hydroxylation sites is 1. The van der Waals surface area contributed by atoms with Crippen molar-refractivity contribution >= 4 is 35.0 Å². The number of fused-ring (bicyclic) bond motifs is 1. The molecule has 2 heterocycles. The van der Waals surface area contributed by atoms with E-state index in [2.05, 4.69) is 10.3 Å². The van der Waals surface area contributed by atoms with Gasteiger partial charge in [-0.1, -0.05) is 53.8 Å². The molecule has 5 rings (SSSR count). The van der Waals surface area contributed by atoms with Crippen LogP contribution in [0, 0.1) is 0 Å². The first-order valence-corrected chi connectivity index (χ1v) is 13.1. The molecule has 1 amide bonds. The molecule has 40 heavy (non-hydrogen) atoms. The Morgan fingerprint density at radius 1 is 1.05 bits per heavy atom. The molecule has 202 valence electrons. The summed E-state index contributed by atoms with van der Waals surface area (Å²) in [6.45, 7) is 1.32. The van der Waals surface area contributed by atoms with Gasteiger partial charge in [0.05, 0.1) is 29.0 Å². The Morgan fingerprint density at radius 3 is 2.50 bits per heavy atom. The van der Waals surface area contributed by atoms with E-state index in [1.165, 1.54) is 11.3 Å². The number of rotatable bonds is 8. The lowest BCUT2D eigenvalue weighted by atomic mass is 9.95. The Hall–Kier alpha value is -4.96. The van der Waals surface area contributed by atoms with Gasteiger partial charge in [0.1, 0.15) is 11.5 Å². The number of methoxy groups -OCH3 is 1. The van der Waals surface area contributed by atoms with E-state index in [0.29, 0.717) is 43.4 Å². The van der Waals surface area contributed by atoms with E-state index >= 15 is 0 Å². The number of benzene rings is 3. The second-order valence-electron chi connectivity index (χ2n) is 8.93. The highest BCUT2D eigenvalue weighted by atomic mass is 32.1. The molecule has 1 aliphatic heterocycles. The van der Waals surface area contributed by atoms with Crippen LogP contribution in [0.5, 0.6) is 11.5 Å². The Bertz CT molecular complexity index is 1790. The first-order valence-electron chi connectivity index (χ1n) is 12.3. The van der Waals surface area contributed by atoms with Gasteiger partial charge in [-0.05, 0) is 60.5 Å². The average Bonchev–Trinajstić information content (AvgIpc) is 3.26. The number of carbonyl (C=O) groups excluding carboxylic acids is 1. The van der Waals surface area contributed by atoms with Crippen molar-refractivity contribution < 1.29 is 24.2 Å². The number of thiazole rings is 1. The van der Waals surface area contributed by atoms with Crippen LogP contribution in [-0.4, -0.2) is 35.3 Å². The molecular formula is C30H25N3O6S. The van der Waals surface area contributed by atoms with Crippen molar-refractivity contribution in [3.05, 3.63) is 121 Å². The van der Waals surface area contributed by atoms with Gasteiger partial charge in [0.15, 0.2) is 11.4 Å². The highest BCUT2D eigenvalue weighted by Crippen LogP contribution is 2.32. The molecule has 0 saturated heterocycles. The van der Waals surface area contributed by atoms with E-state index < -0.39 is 18.6 Å². The van der Waals surface area contributed by atoms with Gasteiger partial charge in [-0.25, -0.2) is 9.79 Å². The van der Waals surface area contributed by atoms with Crippen LogP contribution in [0.25, 0.3) is 6.08 Å². The zero-order chi connectivity index (χ0) is 28.2. The molecule has 3 aromatic carbocycles. The third-order valence-electron chi connectivity index (χ3n) is 6.25. The van der Waals surface area contributed by atoms with Crippen molar-refractivity contribution in [2.45, 2.75) is 13.0 Å². The Morgan fingerprint density at radius 2 is 1.80 bits per heavy atom. The molecule has 0 fully saturated rings. The van der Waals surface area contributed by atoms with Gasteiger partial charge in [0.2, 0.25) is 0 Å². The minimum atomic E-state index is -1.07. The predicted octanol–water partition coefficient (Wildman–Crippen LogP) is 3.35. The lowest BCUT2D eigenvalue weighted by Crippen LogP contribution is -2.40. The average molecular weight is 556 g/mol. The third-order valence-corrected chi connectivity index (χ3v) is 7.23. The van der Waals surface area contributed by atoms with Gasteiger partial charge in [0.25, 0.3) is 11.5 Å². The van der Waals surface area contributed by atoms with Crippen LogP contribution in [0.4, 0.5) is 5.69 Å². The molecule has 1 atom stereocenters. The molecule has 0 unspecified atom stereocenters. The number of aromatic nitrogens is 1. The summed E-state index contributed by atoms with van der Waals surface area (Å²) in [5.74, 6) is -0.416. The fourth-order valence-corrected chi connectivity index (χ4v) is 5.46. The monoisotopic (exact) mass is 555 g/mol. The number of anilines is 1. The summed E-state index contributed by atoms with van der Waals surface area (Å²) in [6, 6.07) is 22.4. The summed E-state index contributed by atoms with van der Waals surface area (Å²) in [5, 5.41) is 11.7. The number of carboxylic acid groups (broad SMARTS) is 1. The number of amides is 1. The Labute approximate surface area is 233 Å². The molecule has 0 spiro atoms. The molecule has 0 saturated carbocycles. The van der Waals surface area contributed by atoms with Crippen LogP contribution < -0.4 is 29.7 Å². The predicted molar refractivity (Wildman–Crippen MR) is 151 cm³/mol. The molecule has 2 N–H and O–H groups in total. The van der Waals surface area contributed by atoms with Crippen LogP contribution >= 0.6 is 11.3 Å². The molecule has 1 aromatic heterocycles. The normalized spacial score (nSPS) is 14.8. The number of carboxylic acids is 1. The van der Waals surface area contributed by atoms with Crippen molar-refractivity contribution in [2.24, 2.45) is 4.99 Å². The zero-order valence-corrected chi connectivity index (χ0v) is 22.5. The van der Waals surface area contributed by atoms with Gasteiger partial charge in [-0.2, -0.15) is 0 Å². The number of carbonyl (C=O) groups is 2. The second kappa shape index (κ2) is 11.4. The Balaban J connectivity index is 1.59. The van der Waals surface area contributed by atoms with Crippen LogP contribution in [0.1, 0.15) is 24.1 Å². The van der Waals surface area contributed by atoms with Crippen LogP contribution in [0.15, 0.2) is 99.9 Å². The summed E-state index contributed by atoms with van der Waals surface area (Å²) >= 11 is 1.23. The number of hydrogen-bond donors (Lipinski definition) is 2. The summed E-state index contributed by atoms with van der Waals surface area (Å²) in [6.07, 6.45) is 1.73. The molecular weight excluding hydrogens is 530 g/mol. The van der Waals surface area contributed by atoms with E-state index in [-0.39, 0.29) is 11.5 Å². The maximum Gasteiger partial charge on any atom is 0.341 e. The summed E-state index contributed by atoms with van der Waals surface area (Å²) in [7, 11) is 1.56. The van der Waals surface area contributed by atoms with Gasteiger partial charge in [0, 0.05) is 5.69 Å². The van der Waals surface area contributed by atoms with Crippen LogP contribution in [-0.2, 0) is 9.59 Å². The van der Waals surface area contributed by atoms with Crippen molar-refractivity contribution in [3.8, 4) is 11.5 Å². The van der Waals surface area contributed by atoms with Crippen molar-refractivity contribution in [3.63, 3.8) is 0 Å². The standard InChI is InChI=1S/C30H25N3O6S/c1-18-26(28(36)32-21-8-4-3-5-9-21)27(20-7-6-10-23(16-20)38-2)33-29(37)24(40-30(33)31-18)15-19-11-13-22(14-12-19)39-17-25(34)35/h3-16,27H,17H2,1-2H3,(H,32,36)(H,34,35)/b24-15-/t27-/m0/s1. The lowest BCUT2D eigenvalue weighted by Gasteiger charge is -2.25. The lowest BCUT2D eigenvalue weighted by molar-refractivity contribution is -0.139. The fourth-order valence-electron chi connectivity index (χ4n) is 4.42. The number of nitrogens with zero attached hydrogens (tertiary/aromatic N) is 2. The minimum Gasteiger partial charge on any atom is -0.497 e. The fraction of sp³-hybridized carbons (Fsp3) is 0.133. The van der Waals surface area contributed by atoms with Gasteiger partial charge in [-0.3, -0.25) is 14.2 Å². The topological polar surface area (TPSA) is 119 Å². The molecule has 10 heteroatoms. The number of aliphatic carboxylic acids is 1. The molecule has 4 aromatic rings. The zero-order valence-electron chi connectivity index (χ0n) is 21.7. The minimum absolute atomic E-state index is 0.291. The molecule has 9 nitrogen and oxygen atoms in total. The molecule has 0 aliphatic carbocycles. The van der Waals surface area contributed by atoms with Gasteiger partial charge in [-0.15, -0.1) is 0 Å². The van der Waals surface area contributed by atoms with E-state index in [1.54, 1.807) is 67.1 Å². The first kappa shape index (κ1) is 26.6. The SMILES string of the molecule is COc1cccc([C@H]2C(C(=O)Nc3ccccc3)=C(C)N=c3s/c(=C\c4ccc(OCC(=O)O)cc4)c(=O)n32)c1. The van der Waals surface area contributed by atoms with Crippen LogP contribution in [0.2, 0.25) is 0 Å². The van der Waals surface area contributed by atoms with Crippen molar-refractivity contribution in [1.29, 1.82) is 0 Å². The van der Waals surface area contributed by atoms with Gasteiger partial charge < -0.3 is 19.9 Å². The largest absolute Gasteiger partial charge is 0.497 e. The van der Waals surface area contributed by atoms with Gasteiger partial charge >= 0.3 is 5.97 Å². The van der Waals surface area contributed by atoms with E-state index in [4.69, 9.17) is 14.6 Å². The Kier molecular flexibility index (Phi) is 7.61. The maximum absolute atomic E-state index is 13.8. The van der Waals surface area contributed by atoms with Crippen molar-refractivity contribution in [2.75, 3.05) is 19.0 Å². The maximum atomic E-state index is 13.8. The van der Waals surface area contributed by atoms with Crippen LogP contribution in [0.3, 0.4) is 0 Å². The summed E-state index contributed by atoms with van der Waals surface area (Å²) < 4.78 is 12.6. The van der Waals surface area contributed by atoms with E-state index in [0.717, 1.165) is 5.56 Å². The quantitative estimate of drug-likeness (QED) is 0.344. The van der Waals surface area contributed by atoms with E-state index in [1.807, 2.05) is 36.4 Å². The second-order valence-corrected chi connectivity index (χ2v) is 9.94. The highest BCUT2D eigenvalue weighted by molar-refractivity contribution is 7.07. The third kappa shape index (κ3) is 5.57. The molecule has 1 aliphatic rings.